The molecule has 10 heteroatoms. The van der Waals surface area contributed by atoms with Crippen molar-refractivity contribution in [1.82, 2.24) is 4.57 Å². The molecule has 0 saturated heterocycles. The van der Waals surface area contributed by atoms with Crippen LogP contribution in [0.15, 0.2) is 82.1 Å². The number of rotatable bonds is 8. The van der Waals surface area contributed by atoms with Gasteiger partial charge in [-0.25, -0.2) is 9.79 Å². The molecule has 0 N–H and O–H groups in total. The van der Waals surface area contributed by atoms with Crippen LogP contribution in [0.3, 0.4) is 0 Å². The van der Waals surface area contributed by atoms with Gasteiger partial charge in [0, 0.05) is 5.56 Å². The molecule has 7 nitrogen and oxygen atoms in total. The maximum absolute atomic E-state index is 14.2. The first kappa shape index (κ1) is 31.2. The normalized spacial score (nSPS) is 14.7. The van der Waals surface area contributed by atoms with E-state index in [1.807, 2.05) is 78.9 Å². The fourth-order valence-corrected chi connectivity index (χ4v) is 8.00. The van der Waals surface area contributed by atoms with Crippen molar-refractivity contribution in [1.29, 1.82) is 5.26 Å². The Bertz CT molecular complexity index is 1920. The Morgan fingerprint density at radius 1 is 1.12 bits per heavy atom. The Morgan fingerprint density at radius 3 is 2.40 bits per heavy atom. The minimum absolute atomic E-state index is 0.0470. The highest BCUT2D eigenvalue weighted by molar-refractivity contribution is 14.1. The molecule has 0 saturated carbocycles. The highest BCUT2D eigenvalue weighted by Crippen LogP contribution is 2.36. The molecule has 43 heavy (non-hydrogen) atoms. The van der Waals surface area contributed by atoms with Crippen molar-refractivity contribution in [2.75, 3.05) is 13.2 Å². The second-order valence-electron chi connectivity index (χ2n) is 10.0. The number of carbonyl (C=O) groups is 1. The highest BCUT2D eigenvalue weighted by Gasteiger charge is 2.35. The van der Waals surface area contributed by atoms with E-state index < -0.39 is 12.0 Å². The van der Waals surface area contributed by atoms with Crippen molar-refractivity contribution in [3.8, 4) is 11.8 Å². The average molecular weight is 815 g/mol. The zero-order valence-corrected chi connectivity index (χ0v) is 28.8. The van der Waals surface area contributed by atoms with E-state index in [0.717, 1.165) is 29.4 Å². The molecule has 1 atom stereocenters. The topological polar surface area (TPSA) is 93.7 Å². The molecule has 1 aromatic heterocycles. The molecule has 0 amide bonds. The molecule has 0 radical (unpaired) electrons. The Labute approximate surface area is 280 Å². The van der Waals surface area contributed by atoms with Crippen LogP contribution < -0.4 is 19.6 Å². The van der Waals surface area contributed by atoms with Crippen LogP contribution in [0.5, 0.6) is 5.75 Å². The van der Waals surface area contributed by atoms with Gasteiger partial charge in [-0.2, -0.15) is 5.26 Å². The third-order valence-corrected chi connectivity index (χ3v) is 9.48. The van der Waals surface area contributed by atoms with Crippen LogP contribution in [0.4, 0.5) is 0 Å². The van der Waals surface area contributed by atoms with Crippen molar-refractivity contribution >= 4 is 74.3 Å². The van der Waals surface area contributed by atoms with Crippen LogP contribution in [0, 0.1) is 18.5 Å². The van der Waals surface area contributed by atoms with Crippen LogP contribution in [-0.4, -0.2) is 23.8 Å². The number of benzene rings is 3. The molecule has 5 rings (SSSR count). The van der Waals surface area contributed by atoms with Gasteiger partial charge in [-0.3, -0.25) is 9.36 Å². The second-order valence-corrected chi connectivity index (χ2v) is 13.3. The SMILES string of the molecule is CCOC(=O)C1=C(c2ccccc2)N=c2s/c(=C\c3cc(I)c(OCC#N)c(I)c3)c(=O)n2[C@@H]1c1ccc(C(C)C)cc1. The Hall–Kier alpha value is -3.28. The summed E-state index contributed by atoms with van der Waals surface area (Å²) in [6.45, 7) is 6.16. The number of halogens is 2. The first-order valence-electron chi connectivity index (χ1n) is 13.6. The van der Waals surface area contributed by atoms with E-state index in [0.29, 0.717) is 32.3 Å². The van der Waals surface area contributed by atoms with Gasteiger partial charge in [0.25, 0.3) is 5.56 Å². The van der Waals surface area contributed by atoms with Gasteiger partial charge in [-0.15, -0.1) is 0 Å². The van der Waals surface area contributed by atoms with Gasteiger partial charge in [-0.1, -0.05) is 79.8 Å². The molecule has 1 aliphatic heterocycles. The number of carbonyl (C=O) groups excluding carboxylic acids is 1. The summed E-state index contributed by atoms with van der Waals surface area (Å²) in [6.07, 6.45) is 1.83. The van der Waals surface area contributed by atoms with Crippen LogP contribution in [-0.2, 0) is 9.53 Å². The molecule has 0 bridgehead atoms. The van der Waals surface area contributed by atoms with E-state index >= 15 is 0 Å². The summed E-state index contributed by atoms with van der Waals surface area (Å²) in [7, 11) is 0. The number of hydrogen-bond donors (Lipinski definition) is 0. The summed E-state index contributed by atoms with van der Waals surface area (Å²) in [5, 5.41) is 8.92. The van der Waals surface area contributed by atoms with Crippen LogP contribution in [0.2, 0.25) is 0 Å². The average Bonchev–Trinajstić information content (AvgIpc) is 3.30. The van der Waals surface area contributed by atoms with Gasteiger partial charge >= 0.3 is 5.97 Å². The van der Waals surface area contributed by atoms with E-state index in [1.54, 1.807) is 11.5 Å². The number of hydrogen-bond acceptors (Lipinski definition) is 7. The molecular formula is C33H27I2N3O4S. The molecule has 218 valence electrons. The van der Waals surface area contributed by atoms with E-state index in [2.05, 4.69) is 59.0 Å². The number of aromatic nitrogens is 1. The number of fused-ring (bicyclic) bond motifs is 1. The summed E-state index contributed by atoms with van der Waals surface area (Å²) in [5.41, 5.74) is 4.11. The highest BCUT2D eigenvalue weighted by atomic mass is 127. The monoisotopic (exact) mass is 815 g/mol. The van der Waals surface area contributed by atoms with Gasteiger partial charge in [0.05, 0.1) is 35.6 Å². The molecule has 0 spiro atoms. The summed E-state index contributed by atoms with van der Waals surface area (Å²) in [5.74, 6) is 0.463. The quantitative estimate of drug-likeness (QED) is 0.157. The summed E-state index contributed by atoms with van der Waals surface area (Å²) in [6, 6.07) is 22.7. The van der Waals surface area contributed by atoms with Crippen molar-refractivity contribution in [3.05, 3.63) is 121 Å². The molecule has 0 unspecified atom stereocenters. The lowest BCUT2D eigenvalue weighted by Crippen LogP contribution is -2.40. The molecule has 0 aliphatic carbocycles. The lowest BCUT2D eigenvalue weighted by Gasteiger charge is -2.26. The molecule has 2 heterocycles. The zero-order chi connectivity index (χ0) is 30.7. The smallest absolute Gasteiger partial charge is 0.338 e. The number of ether oxygens (including phenoxy) is 2. The zero-order valence-electron chi connectivity index (χ0n) is 23.6. The minimum Gasteiger partial charge on any atom is -0.477 e. The third-order valence-electron chi connectivity index (χ3n) is 6.89. The largest absolute Gasteiger partial charge is 0.477 e. The standard InChI is InChI=1S/C33H27I2N3O4S/c1-4-41-32(40)27-28(22-8-6-5-7-9-22)37-33-38(29(27)23-12-10-21(11-13-23)19(2)3)31(39)26(43-33)18-20-16-24(34)30(25(35)17-20)42-15-14-36/h5-13,16-19,29H,4,15H2,1-3H3/b26-18-/t29-/m1/s1. The van der Waals surface area contributed by atoms with E-state index in [1.165, 1.54) is 11.3 Å². The molecular weight excluding hydrogens is 788 g/mol. The van der Waals surface area contributed by atoms with Gasteiger partial charge in [0.2, 0.25) is 0 Å². The number of nitrogens with zero attached hydrogens (tertiary/aromatic N) is 3. The Kier molecular flexibility index (Phi) is 9.83. The second kappa shape index (κ2) is 13.6. The predicted octanol–water partition coefficient (Wildman–Crippen LogP) is 6.17. The summed E-state index contributed by atoms with van der Waals surface area (Å²) in [4.78, 5) is 33.2. The summed E-state index contributed by atoms with van der Waals surface area (Å²) < 4.78 is 14.9. The van der Waals surface area contributed by atoms with Crippen LogP contribution in [0.25, 0.3) is 11.8 Å². The number of thiazole rings is 1. The molecule has 1 aliphatic rings. The van der Waals surface area contributed by atoms with E-state index in [9.17, 15) is 9.59 Å². The van der Waals surface area contributed by atoms with Crippen molar-refractivity contribution in [2.45, 2.75) is 32.7 Å². The number of esters is 1. The van der Waals surface area contributed by atoms with Crippen LogP contribution in [0.1, 0.15) is 55.0 Å². The minimum atomic E-state index is -0.726. The first-order chi connectivity index (χ1) is 20.7. The van der Waals surface area contributed by atoms with E-state index in [-0.39, 0.29) is 18.8 Å². The molecule has 0 fully saturated rings. The van der Waals surface area contributed by atoms with Gasteiger partial charge < -0.3 is 9.47 Å². The Morgan fingerprint density at radius 2 is 1.79 bits per heavy atom. The van der Waals surface area contributed by atoms with Crippen molar-refractivity contribution in [2.24, 2.45) is 4.99 Å². The fraction of sp³-hybridized carbons (Fsp3) is 0.212. The summed E-state index contributed by atoms with van der Waals surface area (Å²) >= 11 is 5.62. The lowest BCUT2D eigenvalue weighted by molar-refractivity contribution is -0.138. The van der Waals surface area contributed by atoms with Crippen LogP contribution >= 0.6 is 56.5 Å². The third kappa shape index (κ3) is 6.49. The van der Waals surface area contributed by atoms with Gasteiger partial charge in [-0.05, 0) is 92.9 Å². The Balaban J connectivity index is 1.76. The maximum Gasteiger partial charge on any atom is 0.338 e. The molecule has 4 aromatic rings. The van der Waals surface area contributed by atoms with Gasteiger partial charge in [0.1, 0.15) is 11.8 Å². The first-order valence-corrected chi connectivity index (χ1v) is 16.6. The predicted molar refractivity (Wildman–Crippen MR) is 185 cm³/mol. The maximum atomic E-state index is 14.2. The molecule has 3 aromatic carbocycles. The number of nitriles is 1. The van der Waals surface area contributed by atoms with Crippen molar-refractivity contribution in [3.63, 3.8) is 0 Å². The lowest BCUT2D eigenvalue weighted by atomic mass is 9.91. The van der Waals surface area contributed by atoms with Crippen molar-refractivity contribution < 1.29 is 14.3 Å². The van der Waals surface area contributed by atoms with Gasteiger partial charge in [0.15, 0.2) is 11.4 Å². The fourth-order valence-electron chi connectivity index (χ4n) is 4.88. The van der Waals surface area contributed by atoms with E-state index in [4.69, 9.17) is 19.7 Å².